The summed E-state index contributed by atoms with van der Waals surface area (Å²) in [6, 6.07) is 4.92. The van der Waals surface area contributed by atoms with Gasteiger partial charge in [-0.3, -0.25) is 9.59 Å². The molecule has 0 radical (unpaired) electrons. The highest BCUT2D eigenvalue weighted by molar-refractivity contribution is 6.30. The molecule has 1 heterocycles. The summed E-state index contributed by atoms with van der Waals surface area (Å²) >= 11 is 5.80. The lowest BCUT2D eigenvalue weighted by Crippen LogP contribution is -2.07. The predicted molar refractivity (Wildman–Crippen MR) is 56.5 cm³/mol. The van der Waals surface area contributed by atoms with Crippen LogP contribution in [0, 0.1) is 0 Å². The lowest BCUT2D eigenvalue weighted by atomic mass is 9.97. The fourth-order valence-corrected chi connectivity index (χ4v) is 1.85. The van der Waals surface area contributed by atoms with Crippen LogP contribution in [0.5, 0.6) is 5.75 Å². The molecular formula is C11H9ClO4. The normalized spacial score (nSPS) is 19.8. The molecule has 0 aromatic heterocycles. The van der Waals surface area contributed by atoms with E-state index in [2.05, 4.69) is 4.74 Å². The Morgan fingerprint density at radius 1 is 1.44 bits per heavy atom. The Morgan fingerprint density at radius 2 is 2.19 bits per heavy atom. The number of hydrogen-bond acceptors (Lipinski definition) is 4. The van der Waals surface area contributed by atoms with Crippen LogP contribution in [-0.4, -0.2) is 19.0 Å². The minimum atomic E-state index is -0.584. The predicted octanol–water partition coefficient (Wildman–Crippen LogP) is 1.91. The number of rotatable bonds is 2. The molecule has 84 valence electrons. The Morgan fingerprint density at radius 3 is 2.75 bits per heavy atom. The monoisotopic (exact) mass is 240 g/mol. The average Bonchev–Trinajstić information content (AvgIpc) is 2.57. The zero-order valence-corrected chi connectivity index (χ0v) is 9.28. The van der Waals surface area contributed by atoms with Crippen LogP contribution >= 0.6 is 11.6 Å². The molecule has 0 N–H and O–H groups in total. The van der Waals surface area contributed by atoms with Gasteiger partial charge in [0, 0.05) is 10.6 Å². The highest BCUT2D eigenvalue weighted by atomic mass is 35.5. The Labute approximate surface area is 97.1 Å². The van der Waals surface area contributed by atoms with Gasteiger partial charge in [-0.15, -0.1) is 0 Å². The van der Waals surface area contributed by atoms with Gasteiger partial charge in [0.25, 0.3) is 0 Å². The fourth-order valence-electron chi connectivity index (χ4n) is 1.68. The summed E-state index contributed by atoms with van der Waals surface area (Å²) in [7, 11) is 1.48. The zero-order chi connectivity index (χ0) is 11.7. The third-order valence-electron chi connectivity index (χ3n) is 2.44. The number of methoxy groups -OCH3 is 1. The van der Waals surface area contributed by atoms with E-state index in [1.807, 2.05) is 0 Å². The van der Waals surface area contributed by atoms with Gasteiger partial charge in [0.15, 0.2) is 0 Å². The van der Waals surface area contributed by atoms with E-state index in [1.165, 1.54) is 7.11 Å². The topological polar surface area (TPSA) is 52.6 Å². The molecule has 1 aliphatic heterocycles. The zero-order valence-electron chi connectivity index (χ0n) is 8.53. The first-order valence-corrected chi connectivity index (χ1v) is 5.07. The van der Waals surface area contributed by atoms with Gasteiger partial charge in [0.2, 0.25) is 0 Å². The first kappa shape index (κ1) is 11.0. The van der Waals surface area contributed by atoms with E-state index in [0.717, 1.165) is 0 Å². The van der Waals surface area contributed by atoms with Gasteiger partial charge in [-0.2, -0.15) is 0 Å². The third kappa shape index (κ3) is 1.88. The van der Waals surface area contributed by atoms with Crippen molar-refractivity contribution in [2.45, 2.75) is 12.3 Å². The second-order valence-electron chi connectivity index (χ2n) is 3.44. The Bertz CT molecular complexity index is 455. The smallest absolute Gasteiger partial charge is 0.321 e. The van der Waals surface area contributed by atoms with Gasteiger partial charge in [-0.25, -0.2) is 0 Å². The number of cyclic esters (lactones) is 2. The van der Waals surface area contributed by atoms with E-state index in [9.17, 15) is 9.59 Å². The summed E-state index contributed by atoms with van der Waals surface area (Å²) in [6.45, 7) is 0. The van der Waals surface area contributed by atoms with Crippen molar-refractivity contribution in [3.8, 4) is 5.75 Å². The molecule has 1 atom stereocenters. The van der Waals surface area contributed by atoms with E-state index in [0.29, 0.717) is 16.3 Å². The molecule has 0 saturated carbocycles. The van der Waals surface area contributed by atoms with Crippen molar-refractivity contribution in [3.63, 3.8) is 0 Å². The molecule has 0 spiro atoms. The third-order valence-corrected chi connectivity index (χ3v) is 2.68. The summed E-state index contributed by atoms with van der Waals surface area (Å²) in [5, 5.41) is 0.512. The van der Waals surface area contributed by atoms with Gasteiger partial charge in [-0.05, 0) is 12.1 Å². The van der Waals surface area contributed by atoms with Crippen LogP contribution in [0.1, 0.15) is 17.9 Å². The van der Waals surface area contributed by atoms with Crippen molar-refractivity contribution in [3.05, 3.63) is 28.8 Å². The molecule has 0 amide bonds. The Balaban J connectivity index is 2.40. The molecule has 0 aliphatic carbocycles. The summed E-state index contributed by atoms with van der Waals surface area (Å²) in [5.74, 6) is -1.14. The number of benzene rings is 1. The molecule has 1 saturated heterocycles. The van der Waals surface area contributed by atoms with Crippen LogP contribution < -0.4 is 4.74 Å². The van der Waals surface area contributed by atoms with Crippen molar-refractivity contribution in [2.75, 3.05) is 7.11 Å². The van der Waals surface area contributed by atoms with Crippen LogP contribution in [0.3, 0.4) is 0 Å². The summed E-state index contributed by atoms with van der Waals surface area (Å²) in [4.78, 5) is 22.4. The van der Waals surface area contributed by atoms with Gasteiger partial charge in [0.1, 0.15) is 5.75 Å². The molecule has 1 aliphatic rings. The highest BCUT2D eigenvalue weighted by Gasteiger charge is 2.36. The van der Waals surface area contributed by atoms with Crippen molar-refractivity contribution < 1.29 is 19.1 Å². The number of halogens is 1. The van der Waals surface area contributed by atoms with Crippen molar-refractivity contribution in [1.29, 1.82) is 0 Å². The molecule has 1 unspecified atom stereocenters. The SMILES string of the molecule is COc1cc(Cl)ccc1C1CC(=O)OC1=O. The molecule has 0 bridgehead atoms. The molecule has 16 heavy (non-hydrogen) atoms. The van der Waals surface area contributed by atoms with Crippen molar-refractivity contribution in [1.82, 2.24) is 0 Å². The molecule has 2 rings (SSSR count). The first-order chi connectivity index (χ1) is 7.61. The summed E-state index contributed by atoms with van der Waals surface area (Å²) in [6.07, 6.45) is 0.0524. The van der Waals surface area contributed by atoms with Gasteiger partial charge >= 0.3 is 11.9 Å². The minimum absolute atomic E-state index is 0.0524. The highest BCUT2D eigenvalue weighted by Crippen LogP contribution is 2.35. The minimum Gasteiger partial charge on any atom is -0.496 e. The lowest BCUT2D eigenvalue weighted by Gasteiger charge is -2.11. The molecule has 4 nitrogen and oxygen atoms in total. The van der Waals surface area contributed by atoms with Crippen molar-refractivity contribution in [2.24, 2.45) is 0 Å². The molecular weight excluding hydrogens is 232 g/mol. The summed E-state index contributed by atoms with van der Waals surface area (Å²) in [5.41, 5.74) is 0.628. The molecule has 1 fully saturated rings. The van der Waals surface area contributed by atoms with Crippen molar-refractivity contribution >= 4 is 23.5 Å². The largest absolute Gasteiger partial charge is 0.496 e. The fraction of sp³-hybridized carbons (Fsp3) is 0.273. The molecule has 5 heteroatoms. The maximum Gasteiger partial charge on any atom is 0.321 e. The van der Waals surface area contributed by atoms with Crippen LogP contribution in [0.4, 0.5) is 0 Å². The van der Waals surface area contributed by atoms with E-state index in [4.69, 9.17) is 16.3 Å². The average molecular weight is 241 g/mol. The van der Waals surface area contributed by atoms with Gasteiger partial charge in [0.05, 0.1) is 19.4 Å². The van der Waals surface area contributed by atoms with Crippen LogP contribution in [0.25, 0.3) is 0 Å². The van der Waals surface area contributed by atoms with Gasteiger partial charge in [-0.1, -0.05) is 17.7 Å². The molecule has 1 aromatic carbocycles. The first-order valence-electron chi connectivity index (χ1n) is 4.70. The number of carbonyl (C=O) groups excluding carboxylic acids is 2. The van der Waals surface area contributed by atoms with E-state index >= 15 is 0 Å². The number of ether oxygens (including phenoxy) is 2. The molecule has 1 aromatic rings. The van der Waals surface area contributed by atoms with Crippen LogP contribution in [-0.2, 0) is 14.3 Å². The quantitative estimate of drug-likeness (QED) is 0.585. The number of esters is 2. The Hall–Kier alpha value is -1.55. The summed E-state index contributed by atoms with van der Waals surface area (Å²) < 4.78 is 9.61. The standard InChI is InChI=1S/C11H9ClO4/c1-15-9-4-6(12)2-3-7(9)8-5-10(13)16-11(8)14/h2-4,8H,5H2,1H3. The Kier molecular flexibility index (Phi) is 2.83. The second-order valence-corrected chi connectivity index (χ2v) is 3.87. The lowest BCUT2D eigenvalue weighted by molar-refractivity contribution is -0.152. The maximum absolute atomic E-state index is 11.4. The number of hydrogen-bond donors (Lipinski definition) is 0. The number of carbonyl (C=O) groups is 2. The van der Waals surface area contributed by atoms with E-state index in [1.54, 1.807) is 18.2 Å². The second kappa shape index (κ2) is 4.14. The van der Waals surface area contributed by atoms with E-state index < -0.39 is 17.9 Å². The van der Waals surface area contributed by atoms with Gasteiger partial charge < -0.3 is 9.47 Å². The van der Waals surface area contributed by atoms with E-state index in [-0.39, 0.29) is 6.42 Å². The van der Waals surface area contributed by atoms with Crippen LogP contribution in [0.2, 0.25) is 5.02 Å². The van der Waals surface area contributed by atoms with Crippen LogP contribution in [0.15, 0.2) is 18.2 Å². The maximum atomic E-state index is 11.4.